The number of rotatable bonds is 7. The Morgan fingerprint density at radius 1 is 0.550 bits per heavy atom. The van der Waals surface area contributed by atoms with Crippen LogP contribution in [0.25, 0.3) is 58.9 Å². The van der Waals surface area contributed by atoms with Gasteiger partial charge in [0.25, 0.3) is 0 Å². The predicted molar refractivity (Wildman–Crippen MR) is 258 cm³/mol. The Balaban J connectivity index is 1.19. The highest BCUT2D eigenvalue weighted by atomic mass is 32.1. The Bertz CT molecular complexity index is 3310. The van der Waals surface area contributed by atoms with Gasteiger partial charge in [-0.15, -0.1) is 11.3 Å². The maximum atomic E-state index is 5.42. The highest BCUT2D eigenvalue weighted by molar-refractivity contribution is 7.26. The lowest BCUT2D eigenvalue weighted by atomic mass is 9.95. The van der Waals surface area contributed by atoms with E-state index in [1.165, 1.54) is 69.4 Å². The summed E-state index contributed by atoms with van der Waals surface area (Å²) in [4.78, 5) is 10.8. The van der Waals surface area contributed by atoms with Crippen molar-refractivity contribution < 1.29 is 0 Å². The quantitative estimate of drug-likeness (QED) is 0.114. The van der Waals surface area contributed by atoms with E-state index in [4.69, 9.17) is 9.98 Å². The normalized spacial score (nSPS) is 13.6. The molecule has 0 saturated carbocycles. The smallest absolute Gasteiger partial charge is 0.160 e. The third-order valence-corrected chi connectivity index (χ3v) is 12.7. The van der Waals surface area contributed by atoms with Crippen LogP contribution in [0.2, 0.25) is 0 Å². The van der Waals surface area contributed by atoms with Gasteiger partial charge in [-0.3, -0.25) is 0 Å². The zero-order valence-electron chi connectivity index (χ0n) is 33.6. The van der Waals surface area contributed by atoms with Crippen molar-refractivity contribution in [1.29, 1.82) is 0 Å². The number of aliphatic imine (C=N–C) groups is 2. The molecule has 0 fully saturated rings. The van der Waals surface area contributed by atoms with Gasteiger partial charge in [0.1, 0.15) is 0 Å². The molecule has 60 heavy (non-hydrogen) atoms. The largest absolute Gasteiger partial charge is 0.233 e. The van der Waals surface area contributed by atoms with E-state index < -0.39 is 0 Å². The number of hydrogen-bond donors (Lipinski definition) is 0. The van der Waals surface area contributed by atoms with Crippen molar-refractivity contribution in [2.75, 3.05) is 0 Å². The average Bonchev–Trinajstić information content (AvgIpc) is 3.59. The molecule has 0 saturated heterocycles. The van der Waals surface area contributed by atoms with Crippen LogP contribution in [0, 0.1) is 0 Å². The van der Waals surface area contributed by atoms with Crippen molar-refractivity contribution in [3.05, 3.63) is 245 Å². The molecule has 9 aromatic rings. The summed E-state index contributed by atoms with van der Waals surface area (Å²) in [5.41, 5.74) is 12.4. The molecular formula is C57H42N2S. The molecule has 1 aromatic heterocycles. The average molecular weight is 787 g/mol. The summed E-state index contributed by atoms with van der Waals surface area (Å²) in [7, 11) is 0. The molecule has 10 rings (SSSR count). The van der Waals surface area contributed by atoms with Crippen molar-refractivity contribution in [3.8, 4) is 11.1 Å². The standard InChI is InChI=1S/C57H42N2S/c1-3-53(43-23-11-6-12-24-43)59-57(58-38(2)39-33-35-41(36-34-39)40-19-7-4-8-20-40)52-37-54-55(49-28-16-15-27-48(49)52)51-32-18-31-50(56(51)60-54)47-30-17-29-44(42-21-9-5-10-22-42)45-25-13-14-26-46(45)47/h3-29,31-37H,30H2,1-2H3/b53-3-,58-38+,59-57-. The SMILES string of the molecule is C\C=C(/N=C(\N=C(/C)c1ccc(-c2ccccc2)cc1)c1cc2sc3c(C4=c5ccccc5=C(c5ccccc5)C=CC4)cccc3c2c2ccccc12)c1ccccc1. The van der Waals surface area contributed by atoms with Crippen LogP contribution in [0.1, 0.15) is 48.1 Å². The van der Waals surface area contributed by atoms with Crippen LogP contribution in [0.5, 0.6) is 0 Å². The summed E-state index contributed by atoms with van der Waals surface area (Å²) < 4.78 is 2.52. The molecule has 2 nitrogen and oxygen atoms in total. The van der Waals surface area contributed by atoms with Crippen molar-refractivity contribution in [1.82, 2.24) is 0 Å². The second-order valence-electron chi connectivity index (χ2n) is 15.2. The summed E-state index contributed by atoms with van der Waals surface area (Å²) in [6.07, 6.45) is 7.57. The summed E-state index contributed by atoms with van der Waals surface area (Å²) in [6.45, 7) is 4.14. The lowest BCUT2D eigenvalue weighted by molar-refractivity contribution is 1.36. The number of allylic oxidation sites excluding steroid dienone is 3. The Morgan fingerprint density at radius 3 is 1.90 bits per heavy atom. The molecule has 0 N–H and O–H groups in total. The van der Waals surface area contributed by atoms with Crippen LogP contribution < -0.4 is 10.4 Å². The van der Waals surface area contributed by atoms with Gasteiger partial charge in [-0.2, -0.15) is 0 Å². The van der Waals surface area contributed by atoms with Gasteiger partial charge < -0.3 is 0 Å². The van der Waals surface area contributed by atoms with Gasteiger partial charge in [0.15, 0.2) is 5.84 Å². The molecule has 8 aromatic carbocycles. The number of thiophene rings is 1. The van der Waals surface area contributed by atoms with Crippen molar-refractivity contribution in [3.63, 3.8) is 0 Å². The Kier molecular flexibility index (Phi) is 10.0. The van der Waals surface area contributed by atoms with Crippen LogP contribution >= 0.6 is 11.3 Å². The summed E-state index contributed by atoms with van der Waals surface area (Å²) in [6, 6.07) is 67.2. The van der Waals surface area contributed by atoms with E-state index in [0.29, 0.717) is 5.84 Å². The van der Waals surface area contributed by atoms with Gasteiger partial charge in [0, 0.05) is 31.4 Å². The Hall–Kier alpha value is -7.20. The maximum Gasteiger partial charge on any atom is 0.160 e. The van der Waals surface area contributed by atoms with Gasteiger partial charge >= 0.3 is 0 Å². The molecular weight excluding hydrogens is 745 g/mol. The predicted octanol–water partition coefficient (Wildman–Crippen LogP) is 13.5. The minimum Gasteiger partial charge on any atom is -0.233 e. The topological polar surface area (TPSA) is 24.7 Å². The van der Waals surface area contributed by atoms with E-state index in [0.717, 1.165) is 39.9 Å². The van der Waals surface area contributed by atoms with Gasteiger partial charge in [0.2, 0.25) is 0 Å². The highest BCUT2D eigenvalue weighted by Gasteiger charge is 2.20. The van der Waals surface area contributed by atoms with E-state index >= 15 is 0 Å². The summed E-state index contributed by atoms with van der Waals surface area (Å²) >= 11 is 1.87. The van der Waals surface area contributed by atoms with E-state index in [-0.39, 0.29) is 0 Å². The second kappa shape index (κ2) is 16.2. The van der Waals surface area contributed by atoms with Crippen LogP contribution in [0.3, 0.4) is 0 Å². The molecule has 3 heteroatoms. The summed E-state index contributed by atoms with van der Waals surface area (Å²) in [5.74, 6) is 0.688. The van der Waals surface area contributed by atoms with Crippen molar-refractivity contribution in [2.45, 2.75) is 20.3 Å². The first kappa shape index (κ1) is 37.1. The van der Waals surface area contributed by atoms with Crippen LogP contribution in [-0.2, 0) is 0 Å². The molecule has 1 heterocycles. The fourth-order valence-corrected chi connectivity index (χ4v) is 9.91. The zero-order chi connectivity index (χ0) is 40.4. The zero-order valence-corrected chi connectivity index (χ0v) is 34.5. The number of nitrogens with zero attached hydrogens (tertiary/aromatic N) is 2. The maximum absolute atomic E-state index is 5.42. The fraction of sp³-hybridized carbons (Fsp3) is 0.0526. The molecule has 1 aliphatic rings. The highest BCUT2D eigenvalue weighted by Crippen LogP contribution is 2.43. The van der Waals surface area contributed by atoms with Gasteiger partial charge in [-0.05, 0) is 92.1 Å². The number of hydrogen-bond acceptors (Lipinski definition) is 2. The third kappa shape index (κ3) is 6.93. The lowest BCUT2D eigenvalue weighted by Gasteiger charge is -2.12. The van der Waals surface area contributed by atoms with E-state index in [2.05, 4.69) is 214 Å². The molecule has 1 aliphatic carbocycles. The molecule has 0 atom stereocenters. The first-order chi connectivity index (χ1) is 29.6. The second-order valence-corrected chi connectivity index (χ2v) is 16.2. The van der Waals surface area contributed by atoms with Crippen molar-refractivity contribution in [2.24, 2.45) is 9.98 Å². The summed E-state index contributed by atoms with van der Waals surface area (Å²) in [5, 5.41) is 7.43. The van der Waals surface area contributed by atoms with Crippen LogP contribution in [0.15, 0.2) is 216 Å². The lowest BCUT2D eigenvalue weighted by Crippen LogP contribution is -2.28. The molecule has 0 aliphatic heterocycles. The van der Waals surface area contributed by atoms with E-state index in [1.54, 1.807) is 0 Å². The van der Waals surface area contributed by atoms with Crippen LogP contribution in [-0.4, -0.2) is 11.5 Å². The third-order valence-electron chi connectivity index (χ3n) is 11.6. The molecule has 0 spiro atoms. The minimum atomic E-state index is 0.688. The van der Waals surface area contributed by atoms with Crippen LogP contribution in [0.4, 0.5) is 0 Å². The van der Waals surface area contributed by atoms with E-state index in [1.807, 2.05) is 17.4 Å². The van der Waals surface area contributed by atoms with Gasteiger partial charge in [0.05, 0.1) is 5.70 Å². The molecule has 0 bridgehead atoms. The number of fused-ring (bicyclic) bond motifs is 6. The van der Waals surface area contributed by atoms with Gasteiger partial charge in [-0.25, -0.2) is 9.98 Å². The Labute approximate surface area is 354 Å². The fourth-order valence-electron chi connectivity index (χ4n) is 8.61. The Morgan fingerprint density at radius 2 is 1.17 bits per heavy atom. The molecule has 0 amide bonds. The monoisotopic (exact) mass is 786 g/mol. The first-order valence-corrected chi connectivity index (χ1v) is 21.4. The first-order valence-electron chi connectivity index (χ1n) is 20.6. The van der Waals surface area contributed by atoms with Gasteiger partial charge in [-0.1, -0.05) is 200 Å². The minimum absolute atomic E-state index is 0.688. The number of benzene rings is 8. The van der Waals surface area contributed by atoms with E-state index in [9.17, 15) is 0 Å². The molecule has 286 valence electrons. The number of amidine groups is 1. The molecule has 0 unspecified atom stereocenters. The molecule has 0 radical (unpaired) electrons. The van der Waals surface area contributed by atoms with Crippen molar-refractivity contribution >= 4 is 70.7 Å².